The summed E-state index contributed by atoms with van der Waals surface area (Å²) in [6, 6.07) is 9.00. The second-order valence-electron chi connectivity index (χ2n) is 7.54. The molecule has 2 aromatic heterocycles. The fourth-order valence-electron chi connectivity index (χ4n) is 3.18. The van der Waals surface area contributed by atoms with Crippen LogP contribution >= 0.6 is 0 Å². The van der Waals surface area contributed by atoms with Crippen LogP contribution in [0.2, 0.25) is 0 Å². The van der Waals surface area contributed by atoms with Gasteiger partial charge in [0.25, 0.3) is 0 Å². The minimum atomic E-state index is -0.276. The molecule has 4 heteroatoms. The van der Waals surface area contributed by atoms with Crippen LogP contribution in [0.15, 0.2) is 30.3 Å². The minimum absolute atomic E-state index is 0.189. The van der Waals surface area contributed by atoms with Gasteiger partial charge in [0.2, 0.25) is 0 Å². The van der Waals surface area contributed by atoms with Gasteiger partial charge in [0.15, 0.2) is 0 Å². The molecule has 4 aromatic rings. The van der Waals surface area contributed by atoms with Gasteiger partial charge in [-0.2, -0.15) is 0 Å². The van der Waals surface area contributed by atoms with E-state index in [2.05, 4.69) is 51.2 Å². The van der Waals surface area contributed by atoms with E-state index >= 15 is 0 Å². The third kappa shape index (κ3) is 2.09. The monoisotopic (exact) mass is 321 g/mol. The van der Waals surface area contributed by atoms with Crippen molar-refractivity contribution in [2.24, 2.45) is 0 Å². The van der Waals surface area contributed by atoms with Crippen LogP contribution in [0.4, 0.5) is 4.39 Å². The van der Waals surface area contributed by atoms with Crippen LogP contribution < -0.4 is 0 Å². The van der Waals surface area contributed by atoms with Crippen molar-refractivity contribution < 1.29 is 4.39 Å². The number of hydrogen-bond donors (Lipinski definition) is 0. The smallest absolute Gasteiger partial charge is 0.148 e. The molecular weight excluding hydrogens is 301 g/mol. The summed E-state index contributed by atoms with van der Waals surface area (Å²) < 4.78 is 15.8. The first-order chi connectivity index (χ1) is 11.3. The van der Waals surface area contributed by atoms with Gasteiger partial charge in [-0.25, -0.2) is 14.4 Å². The van der Waals surface area contributed by atoms with Gasteiger partial charge in [0, 0.05) is 16.9 Å². The maximum absolute atomic E-state index is 13.7. The van der Waals surface area contributed by atoms with Gasteiger partial charge < -0.3 is 0 Å². The molecule has 0 saturated carbocycles. The zero-order chi connectivity index (χ0) is 17.2. The highest BCUT2D eigenvalue weighted by Crippen LogP contribution is 2.31. The van der Waals surface area contributed by atoms with Gasteiger partial charge in [0.05, 0.1) is 16.6 Å². The molecule has 0 aliphatic rings. The van der Waals surface area contributed by atoms with Crippen LogP contribution in [0, 0.1) is 19.7 Å². The van der Waals surface area contributed by atoms with E-state index in [4.69, 9.17) is 9.97 Å². The van der Waals surface area contributed by atoms with E-state index in [-0.39, 0.29) is 11.2 Å². The summed E-state index contributed by atoms with van der Waals surface area (Å²) in [5.41, 5.74) is 5.74. The zero-order valence-electron chi connectivity index (χ0n) is 14.6. The van der Waals surface area contributed by atoms with Crippen LogP contribution in [-0.4, -0.2) is 14.4 Å². The lowest BCUT2D eigenvalue weighted by atomic mass is 9.95. The van der Waals surface area contributed by atoms with E-state index in [9.17, 15) is 4.39 Å². The Morgan fingerprint density at radius 3 is 2.33 bits per heavy atom. The fourth-order valence-corrected chi connectivity index (χ4v) is 3.18. The number of aryl methyl sites for hydroxylation is 2. The van der Waals surface area contributed by atoms with Crippen molar-refractivity contribution in [2.75, 3.05) is 0 Å². The molecule has 0 atom stereocenters. The Labute approximate surface area is 140 Å². The van der Waals surface area contributed by atoms with Gasteiger partial charge in [-0.15, -0.1) is 0 Å². The average molecular weight is 321 g/mol. The van der Waals surface area contributed by atoms with Gasteiger partial charge in [-0.1, -0.05) is 20.8 Å². The van der Waals surface area contributed by atoms with E-state index in [1.54, 1.807) is 6.07 Å². The zero-order valence-corrected chi connectivity index (χ0v) is 14.6. The van der Waals surface area contributed by atoms with Crippen molar-refractivity contribution in [3.8, 4) is 0 Å². The van der Waals surface area contributed by atoms with E-state index in [0.29, 0.717) is 5.52 Å². The Hall–Kier alpha value is -2.49. The van der Waals surface area contributed by atoms with Crippen LogP contribution in [0.25, 0.3) is 27.6 Å². The second-order valence-corrected chi connectivity index (χ2v) is 7.54. The van der Waals surface area contributed by atoms with Crippen molar-refractivity contribution in [3.05, 3.63) is 53.1 Å². The Morgan fingerprint density at radius 2 is 1.62 bits per heavy atom. The molecule has 0 spiro atoms. The van der Waals surface area contributed by atoms with Crippen LogP contribution in [0.3, 0.4) is 0 Å². The lowest BCUT2D eigenvalue weighted by Crippen LogP contribution is -2.19. The largest absolute Gasteiger partial charge is 0.279 e. The molecule has 4 rings (SSSR count). The number of imidazole rings is 1. The number of benzene rings is 2. The Bertz CT molecular complexity index is 1120. The first kappa shape index (κ1) is 15.1. The van der Waals surface area contributed by atoms with Crippen LogP contribution in [-0.2, 0) is 5.41 Å². The second kappa shape index (κ2) is 4.76. The lowest BCUT2D eigenvalue weighted by Gasteiger charge is -2.20. The predicted octanol–water partition coefficient (Wildman–Crippen LogP) is 5.09. The standard InChI is InChI=1S/C20H20FN3/c1-11-8-16-17(9-12(11)2)24-18(22-16)14-7-6-13(21)10-15(14)23-19(24)20(3,4)5/h6-10H,1-5H3. The molecule has 0 unspecified atom stereocenters. The molecule has 0 fully saturated rings. The third-order valence-corrected chi connectivity index (χ3v) is 4.58. The number of hydrogen-bond acceptors (Lipinski definition) is 2. The molecule has 0 radical (unpaired) electrons. The van der Waals surface area contributed by atoms with Crippen molar-refractivity contribution in [2.45, 2.75) is 40.0 Å². The Kier molecular flexibility index (Phi) is 2.99. The molecule has 24 heavy (non-hydrogen) atoms. The number of fused-ring (bicyclic) bond motifs is 5. The summed E-state index contributed by atoms with van der Waals surface area (Å²) in [5.74, 6) is 0.614. The maximum Gasteiger partial charge on any atom is 0.148 e. The molecule has 0 saturated heterocycles. The number of aromatic nitrogens is 3. The normalized spacial score (nSPS) is 12.6. The molecule has 122 valence electrons. The SMILES string of the molecule is Cc1cc2nc3c4ccc(F)cc4nc(C(C)(C)C)n3c2cc1C. The highest BCUT2D eigenvalue weighted by atomic mass is 19.1. The van der Waals surface area contributed by atoms with Gasteiger partial charge in [-0.3, -0.25) is 4.40 Å². The van der Waals surface area contributed by atoms with Crippen molar-refractivity contribution in [3.63, 3.8) is 0 Å². The minimum Gasteiger partial charge on any atom is -0.279 e. The summed E-state index contributed by atoms with van der Waals surface area (Å²) in [7, 11) is 0. The highest BCUT2D eigenvalue weighted by Gasteiger charge is 2.23. The summed E-state index contributed by atoms with van der Waals surface area (Å²) in [4.78, 5) is 9.64. The summed E-state index contributed by atoms with van der Waals surface area (Å²) in [6.45, 7) is 10.6. The lowest BCUT2D eigenvalue weighted by molar-refractivity contribution is 0.542. The highest BCUT2D eigenvalue weighted by molar-refractivity contribution is 5.96. The summed E-state index contributed by atoms with van der Waals surface area (Å²) >= 11 is 0. The van der Waals surface area contributed by atoms with Crippen molar-refractivity contribution in [1.29, 1.82) is 0 Å². The average Bonchev–Trinajstić information content (AvgIpc) is 2.84. The quantitative estimate of drug-likeness (QED) is 0.451. The molecule has 0 bridgehead atoms. The summed E-state index contributed by atoms with van der Waals surface area (Å²) in [6.07, 6.45) is 0. The first-order valence-electron chi connectivity index (χ1n) is 8.15. The summed E-state index contributed by atoms with van der Waals surface area (Å²) in [5, 5.41) is 0.871. The molecule has 2 aromatic carbocycles. The van der Waals surface area contributed by atoms with Crippen molar-refractivity contribution >= 4 is 27.6 Å². The van der Waals surface area contributed by atoms with E-state index in [1.165, 1.54) is 23.3 Å². The molecule has 0 N–H and O–H groups in total. The van der Waals surface area contributed by atoms with Crippen LogP contribution in [0.5, 0.6) is 0 Å². The Morgan fingerprint density at radius 1 is 0.917 bits per heavy atom. The predicted molar refractivity (Wildman–Crippen MR) is 96.1 cm³/mol. The number of nitrogens with zero attached hydrogens (tertiary/aromatic N) is 3. The molecule has 2 heterocycles. The molecule has 0 aliphatic heterocycles. The Balaban J connectivity index is 2.30. The van der Waals surface area contributed by atoms with E-state index < -0.39 is 0 Å². The van der Waals surface area contributed by atoms with Gasteiger partial charge in [-0.05, 0) is 49.2 Å². The number of rotatable bonds is 0. The topological polar surface area (TPSA) is 30.2 Å². The molecule has 3 nitrogen and oxygen atoms in total. The van der Waals surface area contributed by atoms with Gasteiger partial charge in [0.1, 0.15) is 17.3 Å². The number of halogens is 1. The van der Waals surface area contributed by atoms with E-state index in [1.807, 2.05) is 0 Å². The first-order valence-corrected chi connectivity index (χ1v) is 8.15. The van der Waals surface area contributed by atoms with Crippen molar-refractivity contribution in [1.82, 2.24) is 14.4 Å². The third-order valence-electron chi connectivity index (χ3n) is 4.58. The molecule has 0 amide bonds. The van der Waals surface area contributed by atoms with E-state index in [0.717, 1.165) is 27.9 Å². The molecular formula is C20H20FN3. The van der Waals surface area contributed by atoms with Crippen LogP contribution in [0.1, 0.15) is 37.7 Å². The molecule has 0 aliphatic carbocycles. The maximum atomic E-state index is 13.7. The van der Waals surface area contributed by atoms with Gasteiger partial charge >= 0.3 is 0 Å². The fraction of sp³-hybridized carbons (Fsp3) is 0.300.